The van der Waals surface area contributed by atoms with Gasteiger partial charge in [-0.05, 0) is 6.42 Å². The second-order valence-electron chi connectivity index (χ2n) is 2.87. The molecule has 0 atom stereocenters. The highest BCUT2D eigenvalue weighted by Gasteiger charge is 2.07. The summed E-state index contributed by atoms with van der Waals surface area (Å²) in [6.45, 7) is 2.24. The number of rotatable bonds is 6. The minimum atomic E-state index is 1.17. The molecule has 10 heavy (non-hydrogen) atoms. The zero-order valence-corrected chi connectivity index (χ0v) is 6.73. The topological polar surface area (TPSA) is 12.5 Å². The number of hydrogen-bond donors (Lipinski definition) is 0. The molecule has 1 nitrogen and oxygen atoms in total. The van der Waals surface area contributed by atoms with Crippen molar-refractivity contribution in [2.75, 3.05) is 0 Å². The lowest BCUT2D eigenvalue weighted by molar-refractivity contribution is 0.471. The van der Waals surface area contributed by atoms with Crippen molar-refractivity contribution in [1.82, 2.24) is 0 Å². The van der Waals surface area contributed by atoms with Crippen molar-refractivity contribution >= 4 is 0 Å². The van der Waals surface area contributed by atoms with Crippen LogP contribution in [0.5, 0.6) is 0 Å². The molecule has 0 fully saturated rings. The van der Waals surface area contributed by atoms with Crippen LogP contribution in [0.25, 0.3) is 0 Å². The normalized spacial score (nSPS) is 14.3. The van der Waals surface area contributed by atoms with Gasteiger partial charge in [0, 0.05) is 6.42 Å². The van der Waals surface area contributed by atoms with Crippen LogP contribution in [0.15, 0.2) is 12.0 Å². The second-order valence-corrected chi connectivity index (χ2v) is 2.87. The Hall–Kier alpha value is -0.460. The molecule has 1 rings (SSSR count). The van der Waals surface area contributed by atoms with E-state index >= 15 is 0 Å². The minimum absolute atomic E-state index is 1.17. The van der Waals surface area contributed by atoms with Gasteiger partial charge in [-0.2, -0.15) is 0 Å². The molecule has 0 amide bonds. The summed E-state index contributed by atoms with van der Waals surface area (Å²) in [6.07, 6.45) is 9.81. The Labute approximate surface area is 63.1 Å². The molecule has 1 heteroatoms. The molecule has 0 aromatic heterocycles. The fourth-order valence-electron chi connectivity index (χ4n) is 1.06. The van der Waals surface area contributed by atoms with Crippen LogP contribution < -0.4 is 0 Å². The van der Waals surface area contributed by atoms with Crippen LogP contribution in [-0.2, 0) is 4.74 Å². The summed E-state index contributed by atoms with van der Waals surface area (Å²) in [5.74, 6) is 1.21. The highest BCUT2D eigenvalue weighted by Crippen LogP contribution is 2.20. The first kappa shape index (κ1) is 7.64. The molecule has 0 bridgehead atoms. The Kier molecular flexibility index (Phi) is 3.34. The van der Waals surface area contributed by atoms with E-state index in [4.69, 9.17) is 4.74 Å². The van der Waals surface area contributed by atoms with Crippen molar-refractivity contribution in [2.24, 2.45) is 0 Å². The third-order valence-corrected chi connectivity index (χ3v) is 1.81. The van der Waals surface area contributed by atoms with Crippen molar-refractivity contribution in [3.05, 3.63) is 12.0 Å². The summed E-state index contributed by atoms with van der Waals surface area (Å²) in [6, 6.07) is 0. The molecule has 1 aliphatic rings. The summed E-state index contributed by atoms with van der Waals surface area (Å²) >= 11 is 0. The fourth-order valence-corrected chi connectivity index (χ4v) is 1.06. The lowest BCUT2D eigenvalue weighted by atomic mass is 10.1. The standard InChI is InChI=1S/C9H16O/c1-2-3-4-5-6-7-9-8-10-9/h8H,2-7H2,1H3. The third-order valence-electron chi connectivity index (χ3n) is 1.81. The minimum Gasteiger partial charge on any atom is -0.463 e. The summed E-state index contributed by atoms with van der Waals surface area (Å²) in [4.78, 5) is 0. The van der Waals surface area contributed by atoms with Crippen LogP contribution in [0.3, 0.4) is 0 Å². The molecular formula is C9H16O. The van der Waals surface area contributed by atoms with E-state index in [-0.39, 0.29) is 0 Å². The van der Waals surface area contributed by atoms with Gasteiger partial charge in [-0.25, -0.2) is 0 Å². The molecule has 0 saturated heterocycles. The average Bonchev–Trinajstić information content (AvgIpc) is 2.71. The van der Waals surface area contributed by atoms with Crippen molar-refractivity contribution in [3.63, 3.8) is 0 Å². The van der Waals surface area contributed by atoms with Crippen molar-refractivity contribution in [1.29, 1.82) is 0 Å². The zero-order chi connectivity index (χ0) is 7.23. The molecule has 1 heterocycles. The zero-order valence-electron chi connectivity index (χ0n) is 6.73. The molecule has 0 spiro atoms. The van der Waals surface area contributed by atoms with Crippen LogP contribution in [0.2, 0.25) is 0 Å². The summed E-state index contributed by atoms with van der Waals surface area (Å²) in [5.41, 5.74) is 0. The average molecular weight is 140 g/mol. The lowest BCUT2D eigenvalue weighted by Gasteiger charge is -1.94. The fraction of sp³-hybridized carbons (Fsp3) is 0.778. The first-order chi connectivity index (χ1) is 4.93. The van der Waals surface area contributed by atoms with Gasteiger partial charge in [0.25, 0.3) is 0 Å². The number of allylic oxidation sites excluding steroid dienone is 1. The molecule has 0 aliphatic carbocycles. The molecule has 0 aromatic carbocycles. The number of hydrogen-bond acceptors (Lipinski definition) is 1. The largest absolute Gasteiger partial charge is 0.463 e. The van der Waals surface area contributed by atoms with E-state index in [1.165, 1.54) is 44.3 Å². The molecule has 1 aliphatic heterocycles. The van der Waals surface area contributed by atoms with Crippen molar-refractivity contribution < 1.29 is 4.74 Å². The Morgan fingerprint density at radius 2 is 1.90 bits per heavy atom. The van der Waals surface area contributed by atoms with Gasteiger partial charge in [-0.1, -0.05) is 32.6 Å². The summed E-state index contributed by atoms with van der Waals surface area (Å²) in [7, 11) is 0. The Morgan fingerprint density at radius 1 is 1.20 bits per heavy atom. The highest BCUT2D eigenvalue weighted by molar-refractivity contribution is 5.01. The summed E-state index contributed by atoms with van der Waals surface area (Å²) in [5, 5.41) is 0. The van der Waals surface area contributed by atoms with Gasteiger partial charge >= 0.3 is 0 Å². The molecule has 0 radical (unpaired) electrons. The van der Waals surface area contributed by atoms with Crippen LogP contribution in [0.1, 0.15) is 45.4 Å². The van der Waals surface area contributed by atoms with Gasteiger partial charge in [-0.3, -0.25) is 0 Å². The maximum absolute atomic E-state index is 4.91. The predicted molar refractivity (Wildman–Crippen MR) is 42.5 cm³/mol. The maximum Gasteiger partial charge on any atom is 0.138 e. The van der Waals surface area contributed by atoms with Gasteiger partial charge in [0.1, 0.15) is 12.0 Å². The molecule has 0 unspecified atom stereocenters. The van der Waals surface area contributed by atoms with E-state index in [1.54, 1.807) is 0 Å². The van der Waals surface area contributed by atoms with Crippen LogP contribution in [0.4, 0.5) is 0 Å². The van der Waals surface area contributed by atoms with Gasteiger partial charge in [0.05, 0.1) is 0 Å². The lowest BCUT2D eigenvalue weighted by Crippen LogP contribution is -1.76. The number of unbranched alkanes of at least 4 members (excludes halogenated alkanes) is 4. The quantitative estimate of drug-likeness (QED) is 0.516. The van der Waals surface area contributed by atoms with E-state index < -0.39 is 0 Å². The molecule has 0 N–H and O–H groups in total. The van der Waals surface area contributed by atoms with Crippen LogP contribution in [-0.4, -0.2) is 0 Å². The Morgan fingerprint density at radius 3 is 2.50 bits per heavy atom. The maximum atomic E-state index is 4.91. The van der Waals surface area contributed by atoms with Gasteiger partial charge in [0.2, 0.25) is 0 Å². The molecule has 58 valence electrons. The molecule has 0 aromatic rings. The number of ether oxygens (including phenoxy) is 1. The summed E-state index contributed by atoms with van der Waals surface area (Å²) < 4.78 is 4.91. The highest BCUT2D eigenvalue weighted by atomic mass is 16.5. The first-order valence-electron chi connectivity index (χ1n) is 4.29. The second kappa shape index (κ2) is 4.37. The molecule has 0 saturated carbocycles. The predicted octanol–water partition coefficient (Wildman–Crippen LogP) is 3.22. The van der Waals surface area contributed by atoms with Crippen LogP contribution in [0, 0.1) is 0 Å². The Bertz CT molecular complexity index is 116. The third kappa shape index (κ3) is 3.54. The first-order valence-corrected chi connectivity index (χ1v) is 4.29. The van der Waals surface area contributed by atoms with Gasteiger partial charge < -0.3 is 4.74 Å². The van der Waals surface area contributed by atoms with E-state index in [0.29, 0.717) is 0 Å². The van der Waals surface area contributed by atoms with Crippen LogP contribution >= 0.6 is 0 Å². The van der Waals surface area contributed by atoms with Crippen molar-refractivity contribution in [2.45, 2.75) is 45.4 Å². The van der Waals surface area contributed by atoms with E-state index in [1.807, 2.05) is 6.26 Å². The van der Waals surface area contributed by atoms with Gasteiger partial charge in [0.15, 0.2) is 0 Å². The smallest absolute Gasteiger partial charge is 0.138 e. The van der Waals surface area contributed by atoms with E-state index in [9.17, 15) is 0 Å². The van der Waals surface area contributed by atoms with E-state index in [0.717, 1.165) is 0 Å². The Balaban J connectivity index is 1.72. The van der Waals surface area contributed by atoms with E-state index in [2.05, 4.69) is 6.92 Å². The SMILES string of the molecule is CCCCCCCC1=CO1. The van der Waals surface area contributed by atoms with Crippen molar-refractivity contribution in [3.8, 4) is 0 Å². The monoisotopic (exact) mass is 140 g/mol. The molecular weight excluding hydrogens is 124 g/mol. The van der Waals surface area contributed by atoms with Gasteiger partial charge in [-0.15, -0.1) is 0 Å².